The average molecular weight is 679 g/mol. The second-order valence-electron chi connectivity index (χ2n) is 11.6. The van der Waals surface area contributed by atoms with Crippen molar-refractivity contribution in [1.29, 1.82) is 0 Å². The zero-order valence-corrected chi connectivity index (χ0v) is 27.9. The molecule has 1 saturated carbocycles. The number of sulfonamides is 1. The average Bonchev–Trinajstić information content (AvgIpc) is 3.56. The van der Waals surface area contributed by atoms with Gasteiger partial charge in [0.1, 0.15) is 12.6 Å². The molecule has 1 aliphatic rings. The number of carbonyl (C=O) groups excluding carboxylic acids is 2. The maximum atomic E-state index is 14.6. The van der Waals surface area contributed by atoms with Gasteiger partial charge < -0.3 is 10.2 Å². The first-order valence-electron chi connectivity index (χ1n) is 15.3. The number of rotatable bonds is 12. The predicted molar refractivity (Wildman–Crippen MR) is 183 cm³/mol. The molecular weight excluding hydrogens is 641 g/mol. The molecule has 7 nitrogen and oxygen atoms in total. The van der Waals surface area contributed by atoms with Crippen molar-refractivity contribution in [2.24, 2.45) is 0 Å². The first-order valence-corrected chi connectivity index (χ1v) is 17.5. The zero-order valence-electron chi connectivity index (χ0n) is 25.6. The van der Waals surface area contributed by atoms with E-state index in [9.17, 15) is 18.0 Å². The summed E-state index contributed by atoms with van der Waals surface area (Å²) in [6.45, 7) is 1.35. The van der Waals surface area contributed by atoms with E-state index in [-0.39, 0.29) is 29.8 Å². The van der Waals surface area contributed by atoms with Gasteiger partial charge in [-0.25, -0.2) is 8.42 Å². The Morgan fingerprint density at radius 2 is 1.39 bits per heavy atom. The number of anilines is 1. The van der Waals surface area contributed by atoms with Gasteiger partial charge in [0.2, 0.25) is 11.8 Å². The van der Waals surface area contributed by atoms with Gasteiger partial charge in [0.05, 0.1) is 10.6 Å². The van der Waals surface area contributed by atoms with E-state index in [0.717, 1.165) is 41.1 Å². The monoisotopic (exact) mass is 677 g/mol. The Morgan fingerprint density at radius 3 is 2.02 bits per heavy atom. The molecule has 0 unspecified atom stereocenters. The van der Waals surface area contributed by atoms with Crippen LogP contribution in [-0.4, -0.2) is 43.8 Å². The smallest absolute Gasteiger partial charge is 0.264 e. The van der Waals surface area contributed by atoms with Gasteiger partial charge in [-0.2, -0.15) is 0 Å². The predicted octanol–water partition coefficient (Wildman–Crippen LogP) is 7.20. The second kappa shape index (κ2) is 15.2. The lowest BCUT2D eigenvalue weighted by atomic mass is 10.0. The number of nitrogens with zero attached hydrogens (tertiary/aromatic N) is 2. The van der Waals surface area contributed by atoms with Crippen LogP contribution in [-0.2, 0) is 32.6 Å². The van der Waals surface area contributed by atoms with Crippen molar-refractivity contribution in [3.63, 3.8) is 0 Å². The zero-order chi connectivity index (χ0) is 32.7. The Bertz CT molecular complexity index is 1740. The van der Waals surface area contributed by atoms with E-state index in [1.54, 1.807) is 49.4 Å². The molecule has 0 spiro atoms. The molecule has 1 fully saturated rings. The van der Waals surface area contributed by atoms with Gasteiger partial charge in [-0.05, 0) is 78.9 Å². The fraction of sp³-hybridized carbons (Fsp3) is 0.278. The first kappa shape index (κ1) is 33.5. The molecule has 2 amide bonds. The minimum absolute atomic E-state index is 0.00276. The van der Waals surface area contributed by atoms with Gasteiger partial charge in [0.15, 0.2) is 0 Å². The van der Waals surface area contributed by atoms with E-state index in [0.29, 0.717) is 21.3 Å². The van der Waals surface area contributed by atoms with Gasteiger partial charge in [-0.15, -0.1) is 0 Å². The summed E-state index contributed by atoms with van der Waals surface area (Å²) < 4.78 is 29.5. The van der Waals surface area contributed by atoms with Crippen LogP contribution >= 0.6 is 23.2 Å². The number of para-hydroxylation sites is 1. The minimum Gasteiger partial charge on any atom is -0.352 e. The van der Waals surface area contributed by atoms with Gasteiger partial charge in [0.25, 0.3) is 10.0 Å². The highest BCUT2D eigenvalue weighted by Crippen LogP contribution is 2.29. The van der Waals surface area contributed by atoms with Crippen LogP contribution in [0.2, 0.25) is 10.0 Å². The summed E-state index contributed by atoms with van der Waals surface area (Å²) in [4.78, 5) is 30.2. The van der Waals surface area contributed by atoms with Crippen molar-refractivity contribution >= 4 is 50.7 Å². The molecule has 46 heavy (non-hydrogen) atoms. The van der Waals surface area contributed by atoms with Crippen LogP contribution in [0.25, 0.3) is 0 Å². The number of carbonyl (C=O) groups is 2. The molecule has 240 valence electrons. The Morgan fingerprint density at radius 1 is 0.804 bits per heavy atom. The summed E-state index contributed by atoms with van der Waals surface area (Å²) in [5.41, 5.74) is 2.68. The maximum Gasteiger partial charge on any atom is 0.264 e. The van der Waals surface area contributed by atoms with Gasteiger partial charge >= 0.3 is 0 Å². The maximum absolute atomic E-state index is 14.6. The molecule has 0 bridgehead atoms. The van der Waals surface area contributed by atoms with Crippen molar-refractivity contribution in [3.8, 4) is 0 Å². The molecule has 0 aromatic heterocycles. The van der Waals surface area contributed by atoms with Crippen molar-refractivity contribution in [1.82, 2.24) is 10.2 Å². The Labute approximate surface area is 281 Å². The lowest BCUT2D eigenvalue weighted by Gasteiger charge is -2.34. The van der Waals surface area contributed by atoms with E-state index in [4.69, 9.17) is 23.2 Å². The third-order valence-corrected chi connectivity index (χ3v) is 10.6. The second-order valence-corrected chi connectivity index (χ2v) is 14.3. The molecule has 0 radical (unpaired) electrons. The summed E-state index contributed by atoms with van der Waals surface area (Å²) in [5.74, 6) is -0.778. The summed E-state index contributed by atoms with van der Waals surface area (Å²) in [7, 11) is -4.21. The molecule has 0 heterocycles. The molecule has 1 atom stereocenters. The highest BCUT2D eigenvalue weighted by Gasteiger charge is 2.36. The fourth-order valence-electron chi connectivity index (χ4n) is 5.80. The van der Waals surface area contributed by atoms with Crippen LogP contribution in [0.4, 0.5) is 5.69 Å². The molecular formula is C36H37Cl2N3O4S. The highest BCUT2D eigenvalue weighted by atomic mass is 35.5. The normalized spacial score (nSPS) is 14.1. The summed E-state index contributed by atoms with van der Waals surface area (Å²) in [6, 6.07) is 28.6. The molecule has 4 aromatic rings. The lowest BCUT2D eigenvalue weighted by molar-refractivity contribution is -0.140. The summed E-state index contributed by atoms with van der Waals surface area (Å²) in [6.07, 6.45) is 4.10. The van der Waals surface area contributed by atoms with Gasteiger partial charge in [-0.3, -0.25) is 13.9 Å². The topological polar surface area (TPSA) is 86.8 Å². The molecule has 1 N–H and O–H groups in total. The largest absolute Gasteiger partial charge is 0.352 e. The van der Waals surface area contributed by atoms with Crippen LogP contribution in [0, 0.1) is 6.92 Å². The Balaban J connectivity index is 1.57. The summed E-state index contributed by atoms with van der Waals surface area (Å²) in [5, 5.41) is 4.12. The van der Waals surface area contributed by atoms with Gasteiger partial charge in [-0.1, -0.05) is 96.7 Å². The number of hydrogen-bond acceptors (Lipinski definition) is 4. The molecule has 0 saturated heterocycles. The van der Waals surface area contributed by atoms with Crippen LogP contribution in [0.15, 0.2) is 108 Å². The minimum atomic E-state index is -4.21. The molecule has 0 aliphatic heterocycles. The van der Waals surface area contributed by atoms with Crippen LogP contribution < -0.4 is 9.62 Å². The number of halogens is 2. The molecule has 1 aliphatic carbocycles. The van der Waals surface area contributed by atoms with Gasteiger partial charge in [0, 0.05) is 29.1 Å². The van der Waals surface area contributed by atoms with E-state index >= 15 is 0 Å². The number of amides is 2. The van der Waals surface area contributed by atoms with Crippen molar-refractivity contribution in [2.45, 2.75) is 62.6 Å². The Kier molecular flexibility index (Phi) is 11.0. The van der Waals surface area contributed by atoms with Crippen LogP contribution in [0.5, 0.6) is 0 Å². The van der Waals surface area contributed by atoms with Crippen LogP contribution in [0.1, 0.15) is 42.4 Å². The van der Waals surface area contributed by atoms with E-state index < -0.39 is 28.5 Å². The quantitative estimate of drug-likeness (QED) is 0.172. The number of aryl methyl sites for hydroxylation is 1. The van der Waals surface area contributed by atoms with Crippen molar-refractivity contribution in [2.75, 3.05) is 10.8 Å². The lowest BCUT2D eigenvalue weighted by Crippen LogP contribution is -2.54. The SMILES string of the molecule is Cc1ccccc1N(CC(=O)N(Cc1ccc(Cl)cc1)[C@@H](Cc1ccccc1)C(=O)NC1CCCC1)S(=O)(=O)c1ccc(Cl)cc1. The van der Waals surface area contributed by atoms with E-state index in [1.807, 2.05) is 36.4 Å². The van der Waals surface area contributed by atoms with Crippen molar-refractivity contribution in [3.05, 3.63) is 130 Å². The number of hydrogen-bond donors (Lipinski definition) is 1. The highest BCUT2D eigenvalue weighted by molar-refractivity contribution is 7.92. The Hall–Kier alpha value is -3.85. The van der Waals surface area contributed by atoms with Crippen molar-refractivity contribution < 1.29 is 18.0 Å². The number of nitrogens with one attached hydrogen (secondary N) is 1. The molecule has 4 aromatic carbocycles. The van der Waals surface area contributed by atoms with E-state index in [2.05, 4.69) is 5.32 Å². The summed E-state index contributed by atoms with van der Waals surface area (Å²) >= 11 is 12.2. The molecule has 5 rings (SSSR count). The fourth-order valence-corrected chi connectivity index (χ4v) is 7.53. The third kappa shape index (κ3) is 8.29. The first-order chi connectivity index (χ1) is 22.1. The number of benzene rings is 4. The third-order valence-electron chi connectivity index (χ3n) is 8.30. The van der Waals surface area contributed by atoms with Crippen LogP contribution in [0.3, 0.4) is 0 Å². The standard InChI is InChI=1S/C36H37Cl2N3O4S/c1-26-9-5-8-14-33(26)41(46(44,45)32-21-19-30(38)20-22-32)25-35(42)40(24-28-15-17-29(37)18-16-28)34(23-27-10-3-2-4-11-27)36(43)39-31-12-6-7-13-31/h2-5,8-11,14-22,31,34H,6-7,12-13,23-25H2,1H3,(H,39,43)/t34-/m0/s1. The van der Waals surface area contributed by atoms with E-state index in [1.165, 1.54) is 29.2 Å². The molecule has 10 heteroatoms.